The molecule has 0 aliphatic carbocycles. The van der Waals surface area contributed by atoms with E-state index in [0.717, 1.165) is 21.6 Å². The molecule has 2 heterocycles. The van der Waals surface area contributed by atoms with E-state index in [1.807, 2.05) is 24.3 Å². The zero-order valence-electron chi connectivity index (χ0n) is 14.5. The largest absolute Gasteiger partial charge is 0.461 e. The molecule has 2 aromatic rings. The SMILES string of the molecule is COC(=O)Nc1ccc2c(c1)NC(c1ccnc(Br)c1)(C(C)(C)C)O2. The van der Waals surface area contributed by atoms with Crippen LogP contribution >= 0.6 is 15.9 Å². The van der Waals surface area contributed by atoms with E-state index in [2.05, 4.69) is 57.1 Å². The predicted molar refractivity (Wildman–Crippen MR) is 99.8 cm³/mol. The summed E-state index contributed by atoms with van der Waals surface area (Å²) in [7, 11) is 1.33. The number of nitrogens with one attached hydrogen (secondary N) is 2. The summed E-state index contributed by atoms with van der Waals surface area (Å²) in [6.07, 6.45) is 1.23. The number of fused-ring (bicyclic) bond motifs is 1. The van der Waals surface area contributed by atoms with Gasteiger partial charge in [0.2, 0.25) is 5.72 Å². The van der Waals surface area contributed by atoms with Gasteiger partial charge in [-0.3, -0.25) is 5.32 Å². The molecule has 25 heavy (non-hydrogen) atoms. The highest BCUT2D eigenvalue weighted by molar-refractivity contribution is 9.10. The van der Waals surface area contributed by atoms with Crippen molar-refractivity contribution in [3.05, 3.63) is 46.7 Å². The minimum atomic E-state index is -0.759. The lowest BCUT2D eigenvalue weighted by molar-refractivity contribution is 0.00211. The van der Waals surface area contributed by atoms with E-state index in [1.165, 1.54) is 7.11 Å². The van der Waals surface area contributed by atoms with Crippen molar-refractivity contribution in [1.29, 1.82) is 0 Å². The van der Waals surface area contributed by atoms with Crippen LogP contribution in [0.1, 0.15) is 26.3 Å². The minimum absolute atomic E-state index is 0.261. The number of ether oxygens (including phenoxy) is 2. The summed E-state index contributed by atoms with van der Waals surface area (Å²) in [5.74, 6) is 0.721. The fourth-order valence-electron chi connectivity index (χ4n) is 2.87. The molecule has 1 aliphatic heterocycles. The Bertz CT molecular complexity index is 819. The number of nitrogens with zero attached hydrogens (tertiary/aromatic N) is 1. The number of carbonyl (C=O) groups is 1. The topological polar surface area (TPSA) is 72.5 Å². The molecule has 132 valence electrons. The van der Waals surface area contributed by atoms with E-state index in [4.69, 9.17) is 4.74 Å². The van der Waals surface area contributed by atoms with Gasteiger partial charge in [-0.1, -0.05) is 20.8 Å². The molecule has 1 aromatic heterocycles. The fourth-order valence-corrected chi connectivity index (χ4v) is 3.23. The van der Waals surface area contributed by atoms with Gasteiger partial charge >= 0.3 is 6.09 Å². The van der Waals surface area contributed by atoms with E-state index in [-0.39, 0.29) is 5.41 Å². The van der Waals surface area contributed by atoms with Gasteiger partial charge in [-0.2, -0.15) is 0 Å². The number of methoxy groups -OCH3 is 1. The van der Waals surface area contributed by atoms with Gasteiger partial charge < -0.3 is 14.8 Å². The lowest BCUT2D eigenvalue weighted by atomic mass is 9.78. The third-order valence-electron chi connectivity index (χ3n) is 4.17. The second-order valence-corrected chi connectivity index (χ2v) is 7.67. The van der Waals surface area contributed by atoms with Crippen LogP contribution in [0.3, 0.4) is 0 Å². The zero-order chi connectivity index (χ0) is 18.2. The number of carbonyl (C=O) groups excluding carboxylic acids is 1. The van der Waals surface area contributed by atoms with Crippen LogP contribution in [0.4, 0.5) is 16.2 Å². The fraction of sp³-hybridized carbons (Fsp3) is 0.333. The second-order valence-electron chi connectivity index (χ2n) is 6.85. The molecule has 0 radical (unpaired) electrons. The van der Waals surface area contributed by atoms with Crippen molar-refractivity contribution >= 4 is 33.4 Å². The standard InChI is InChI=1S/C18H20BrN3O3/c1-17(2,3)18(11-7-8-20-15(19)9-11)22-13-10-12(21-16(23)24-4)5-6-14(13)25-18/h5-10,22H,1-4H3,(H,21,23). The van der Waals surface area contributed by atoms with Crippen molar-refractivity contribution in [3.63, 3.8) is 0 Å². The molecule has 1 aromatic carbocycles. The third kappa shape index (κ3) is 3.16. The molecule has 1 unspecified atom stereocenters. The molecule has 2 N–H and O–H groups in total. The van der Waals surface area contributed by atoms with Crippen LogP contribution in [0.5, 0.6) is 5.75 Å². The zero-order valence-corrected chi connectivity index (χ0v) is 16.1. The molecule has 0 spiro atoms. The summed E-state index contributed by atoms with van der Waals surface area (Å²) >= 11 is 3.43. The number of hydrogen-bond donors (Lipinski definition) is 2. The van der Waals surface area contributed by atoms with Crippen molar-refractivity contribution in [2.75, 3.05) is 17.7 Å². The Hall–Kier alpha value is -2.28. The highest BCUT2D eigenvalue weighted by Crippen LogP contribution is 2.51. The molecule has 0 fully saturated rings. The summed E-state index contributed by atoms with van der Waals surface area (Å²) < 4.78 is 11.8. The molecule has 1 amide bonds. The summed E-state index contributed by atoms with van der Waals surface area (Å²) in [4.78, 5) is 15.6. The van der Waals surface area contributed by atoms with Crippen LogP contribution in [0.25, 0.3) is 0 Å². The van der Waals surface area contributed by atoms with Crippen LogP contribution in [-0.2, 0) is 10.5 Å². The number of rotatable bonds is 2. The molecular weight excluding hydrogens is 386 g/mol. The lowest BCUT2D eigenvalue weighted by Crippen LogP contribution is -2.48. The van der Waals surface area contributed by atoms with Gasteiger partial charge in [0.1, 0.15) is 10.4 Å². The molecule has 0 saturated heterocycles. The van der Waals surface area contributed by atoms with E-state index < -0.39 is 11.8 Å². The lowest BCUT2D eigenvalue weighted by Gasteiger charge is -2.41. The molecule has 0 bridgehead atoms. The van der Waals surface area contributed by atoms with Crippen molar-refractivity contribution < 1.29 is 14.3 Å². The third-order valence-corrected chi connectivity index (χ3v) is 4.61. The first-order valence-electron chi connectivity index (χ1n) is 7.83. The maximum absolute atomic E-state index is 11.4. The van der Waals surface area contributed by atoms with Gasteiger partial charge in [-0.05, 0) is 46.3 Å². The Balaban J connectivity index is 2.01. The number of pyridine rings is 1. The number of benzene rings is 1. The average Bonchev–Trinajstić information content (AvgIpc) is 2.94. The molecular formula is C18H20BrN3O3. The predicted octanol–water partition coefficient (Wildman–Crippen LogP) is 4.73. The van der Waals surface area contributed by atoms with Crippen molar-refractivity contribution in [3.8, 4) is 5.75 Å². The highest BCUT2D eigenvalue weighted by atomic mass is 79.9. The normalized spacial score (nSPS) is 18.8. The Morgan fingerprint density at radius 1 is 1.32 bits per heavy atom. The van der Waals surface area contributed by atoms with E-state index in [9.17, 15) is 4.79 Å². The number of amides is 1. The molecule has 0 saturated carbocycles. The summed E-state index contributed by atoms with van der Waals surface area (Å²) in [5.41, 5.74) is 1.37. The van der Waals surface area contributed by atoms with Crippen LogP contribution in [0.2, 0.25) is 0 Å². The van der Waals surface area contributed by atoms with Crippen molar-refractivity contribution in [2.45, 2.75) is 26.5 Å². The van der Waals surface area contributed by atoms with Gasteiger partial charge in [0.25, 0.3) is 0 Å². The average molecular weight is 406 g/mol. The first kappa shape index (κ1) is 17.5. The molecule has 3 rings (SSSR count). The number of anilines is 2. The maximum Gasteiger partial charge on any atom is 0.411 e. The molecule has 7 heteroatoms. The molecule has 1 atom stereocenters. The van der Waals surface area contributed by atoms with Crippen LogP contribution in [-0.4, -0.2) is 18.2 Å². The van der Waals surface area contributed by atoms with Crippen molar-refractivity contribution in [1.82, 2.24) is 4.98 Å². The molecule has 1 aliphatic rings. The van der Waals surface area contributed by atoms with Crippen LogP contribution < -0.4 is 15.4 Å². The maximum atomic E-state index is 11.4. The number of aromatic nitrogens is 1. The summed E-state index contributed by atoms with van der Waals surface area (Å²) in [5, 5.41) is 6.16. The first-order chi connectivity index (χ1) is 11.7. The minimum Gasteiger partial charge on any atom is -0.461 e. The van der Waals surface area contributed by atoms with E-state index in [1.54, 1.807) is 12.3 Å². The highest BCUT2D eigenvalue weighted by Gasteiger charge is 2.50. The van der Waals surface area contributed by atoms with Gasteiger partial charge in [0.15, 0.2) is 0 Å². The van der Waals surface area contributed by atoms with Crippen LogP contribution in [0.15, 0.2) is 41.1 Å². The Labute approximate surface area is 155 Å². The second kappa shape index (κ2) is 6.22. The summed E-state index contributed by atoms with van der Waals surface area (Å²) in [6.45, 7) is 6.31. The quantitative estimate of drug-likeness (QED) is 0.706. The van der Waals surface area contributed by atoms with E-state index in [0.29, 0.717) is 5.69 Å². The van der Waals surface area contributed by atoms with Gasteiger partial charge in [-0.15, -0.1) is 0 Å². The number of halogens is 1. The Morgan fingerprint density at radius 2 is 2.08 bits per heavy atom. The van der Waals surface area contributed by atoms with Gasteiger partial charge in [0.05, 0.1) is 12.8 Å². The summed E-state index contributed by atoms with van der Waals surface area (Å²) in [6, 6.07) is 9.31. The van der Waals surface area contributed by atoms with Crippen molar-refractivity contribution in [2.24, 2.45) is 5.41 Å². The molecule has 6 nitrogen and oxygen atoms in total. The Kier molecular flexibility index (Phi) is 4.36. The monoisotopic (exact) mass is 405 g/mol. The number of hydrogen-bond acceptors (Lipinski definition) is 5. The van der Waals surface area contributed by atoms with Crippen LogP contribution in [0, 0.1) is 5.41 Å². The van der Waals surface area contributed by atoms with Gasteiger partial charge in [-0.25, -0.2) is 9.78 Å². The van der Waals surface area contributed by atoms with E-state index >= 15 is 0 Å². The smallest absolute Gasteiger partial charge is 0.411 e. The first-order valence-corrected chi connectivity index (χ1v) is 8.63. The van der Waals surface area contributed by atoms with Gasteiger partial charge in [0, 0.05) is 22.9 Å². The Morgan fingerprint density at radius 3 is 2.72 bits per heavy atom.